The Balaban J connectivity index is 1.91. The van der Waals surface area contributed by atoms with Crippen LogP contribution >= 0.6 is 0 Å². The third-order valence-corrected chi connectivity index (χ3v) is 5.74. The third kappa shape index (κ3) is 2.57. The molecule has 3 rings (SSSR count). The number of allylic oxidation sites excluding steroid dienone is 8. The first-order chi connectivity index (χ1) is 9.71. The Morgan fingerprint density at radius 3 is 2.40 bits per heavy atom. The van der Waals surface area contributed by atoms with Gasteiger partial charge in [0.2, 0.25) is 0 Å². The Morgan fingerprint density at radius 1 is 1.00 bits per heavy atom. The molecule has 108 valence electrons. The lowest BCUT2D eigenvalue weighted by Gasteiger charge is -2.46. The van der Waals surface area contributed by atoms with Crippen LogP contribution in [0, 0.1) is 11.3 Å². The van der Waals surface area contributed by atoms with Crippen molar-refractivity contribution >= 4 is 0 Å². The Hall–Kier alpha value is -1.04. The molecule has 1 saturated carbocycles. The Bertz CT molecular complexity index is 478. The first kappa shape index (κ1) is 13.9. The molecule has 1 unspecified atom stereocenters. The minimum absolute atomic E-state index is 0.475. The van der Waals surface area contributed by atoms with E-state index >= 15 is 0 Å². The van der Waals surface area contributed by atoms with E-state index < -0.39 is 0 Å². The highest BCUT2D eigenvalue weighted by molar-refractivity contribution is 5.33. The van der Waals surface area contributed by atoms with Crippen LogP contribution in [0.15, 0.2) is 47.1 Å². The Labute approximate surface area is 124 Å². The Morgan fingerprint density at radius 2 is 1.80 bits per heavy atom. The highest BCUT2D eigenvalue weighted by Crippen LogP contribution is 2.53. The van der Waals surface area contributed by atoms with Crippen LogP contribution in [-0.2, 0) is 0 Å². The SMILES string of the molecule is CC1=CCC(C2(C3=CC=C(C)CC3)CCCCC2)C=C1. The summed E-state index contributed by atoms with van der Waals surface area (Å²) in [6.07, 6.45) is 23.1. The quantitative estimate of drug-likeness (QED) is 0.565. The van der Waals surface area contributed by atoms with Crippen molar-refractivity contribution in [3.05, 3.63) is 47.1 Å². The molecule has 20 heavy (non-hydrogen) atoms. The molecule has 0 aromatic rings. The average Bonchev–Trinajstić information content (AvgIpc) is 2.49. The summed E-state index contributed by atoms with van der Waals surface area (Å²) in [7, 11) is 0. The molecule has 0 radical (unpaired) electrons. The van der Waals surface area contributed by atoms with E-state index in [9.17, 15) is 0 Å². The first-order valence-corrected chi connectivity index (χ1v) is 8.42. The van der Waals surface area contributed by atoms with Gasteiger partial charge in [0.05, 0.1) is 0 Å². The summed E-state index contributed by atoms with van der Waals surface area (Å²) in [6.45, 7) is 4.50. The average molecular weight is 268 g/mol. The van der Waals surface area contributed by atoms with Gasteiger partial charge in [-0.3, -0.25) is 0 Å². The lowest BCUT2D eigenvalue weighted by atomic mass is 9.58. The van der Waals surface area contributed by atoms with Gasteiger partial charge in [-0.05, 0) is 57.3 Å². The fourth-order valence-corrected chi connectivity index (χ4v) is 4.41. The second kappa shape index (κ2) is 5.76. The van der Waals surface area contributed by atoms with Crippen LogP contribution in [0.3, 0.4) is 0 Å². The summed E-state index contributed by atoms with van der Waals surface area (Å²) >= 11 is 0. The molecule has 0 spiro atoms. The highest BCUT2D eigenvalue weighted by Gasteiger charge is 2.41. The summed E-state index contributed by atoms with van der Waals surface area (Å²) in [5, 5.41) is 0. The minimum atomic E-state index is 0.475. The fourth-order valence-electron chi connectivity index (χ4n) is 4.41. The summed E-state index contributed by atoms with van der Waals surface area (Å²) in [5.74, 6) is 0.740. The molecular weight excluding hydrogens is 240 g/mol. The van der Waals surface area contributed by atoms with E-state index in [1.165, 1.54) is 56.9 Å². The zero-order valence-electron chi connectivity index (χ0n) is 13.1. The lowest BCUT2D eigenvalue weighted by molar-refractivity contribution is 0.165. The molecule has 1 atom stereocenters. The lowest BCUT2D eigenvalue weighted by Crippen LogP contribution is -2.35. The monoisotopic (exact) mass is 268 g/mol. The second-order valence-corrected chi connectivity index (χ2v) is 7.07. The topological polar surface area (TPSA) is 0 Å². The van der Waals surface area contributed by atoms with Crippen LogP contribution in [0.2, 0.25) is 0 Å². The Kier molecular flexibility index (Phi) is 4.01. The molecule has 3 aliphatic carbocycles. The van der Waals surface area contributed by atoms with Crippen molar-refractivity contribution < 1.29 is 0 Å². The minimum Gasteiger partial charge on any atom is -0.0810 e. The predicted molar refractivity (Wildman–Crippen MR) is 87.6 cm³/mol. The van der Waals surface area contributed by atoms with Crippen LogP contribution in [0.4, 0.5) is 0 Å². The van der Waals surface area contributed by atoms with E-state index in [4.69, 9.17) is 0 Å². The molecule has 3 aliphatic rings. The van der Waals surface area contributed by atoms with E-state index in [1.807, 2.05) is 0 Å². The zero-order valence-corrected chi connectivity index (χ0v) is 13.1. The maximum absolute atomic E-state index is 2.52. The largest absolute Gasteiger partial charge is 0.0810 e. The van der Waals surface area contributed by atoms with Crippen LogP contribution in [-0.4, -0.2) is 0 Å². The van der Waals surface area contributed by atoms with Gasteiger partial charge in [0, 0.05) is 0 Å². The number of rotatable bonds is 2. The molecule has 0 heteroatoms. The normalized spacial score (nSPS) is 29.5. The van der Waals surface area contributed by atoms with Crippen molar-refractivity contribution in [3.63, 3.8) is 0 Å². The first-order valence-electron chi connectivity index (χ1n) is 8.42. The van der Waals surface area contributed by atoms with Crippen molar-refractivity contribution in [2.75, 3.05) is 0 Å². The van der Waals surface area contributed by atoms with Crippen molar-refractivity contribution in [1.29, 1.82) is 0 Å². The molecule has 0 N–H and O–H groups in total. The smallest absolute Gasteiger partial charge is 0.00191 e. The van der Waals surface area contributed by atoms with Gasteiger partial charge in [0.15, 0.2) is 0 Å². The van der Waals surface area contributed by atoms with Crippen molar-refractivity contribution in [3.8, 4) is 0 Å². The van der Waals surface area contributed by atoms with Crippen molar-refractivity contribution in [2.24, 2.45) is 11.3 Å². The summed E-state index contributed by atoms with van der Waals surface area (Å²) in [6, 6.07) is 0. The zero-order chi connectivity index (χ0) is 14.0. The molecular formula is C20H28. The van der Waals surface area contributed by atoms with E-state index in [-0.39, 0.29) is 0 Å². The molecule has 0 aromatic heterocycles. The van der Waals surface area contributed by atoms with Gasteiger partial charge in [-0.1, -0.05) is 66.4 Å². The summed E-state index contributed by atoms with van der Waals surface area (Å²) < 4.78 is 0. The fraction of sp³-hybridized carbons (Fsp3) is 0.600. The molecule has 0 nitrogen and oxygen atoms in total. The molecule has 0 heterocycles. The van der Waals surface area contributed by atoms with Gasteiger partial charge >= 0.3 is 0 Å². The van der Waals surface area contributed by atoms with Gasteiger partial charge in [-0.25, -0.2) is 0 Å². The standard InChI is InChI=1S/C20H28/c1-16-6-10-18(11-7-16)20(14-4-3-5-15-20)19-12-8-17(2)9-13-19/h6-8,10,12,18H,3-5,9,11,13-15H2,1-2H3. The van der Waals surface area contributed by atoms with Gasteiger partial charge in [0.25, 0.3) is 0 Å². The predicted octanol–water partition coefficient (Wildman–Crippen LogP) is 6.13. The van der Waals surface area contributed by atoms with Crippen LogP contribution in [0.25, 0.3) is 0 Å². The molecule has 0 aromatic carbocycles. The number of hydrogen-bond acceptors (Lipinski definition) is 0. The molecule has 1 fully saturated rings. The molecule has 0 amide bonds. The maximum Gasteiger partial charge on any atom is -0.00191 e. The van der Waals surface area contributed by atoms with E-state index in [0.29, 0.717) is 5.41 Å². The van der Waals surface area contributed by atoms with Gasteiger partial charge in [0.1, 0.15) is 0 Å². The van der Waals surface area contributed by atoms with E-state index in [1.54, 1.807) is 11.1 Å². The third-order valence-electron chi connectivity index (χ3n) is 5.74. The van der Waals surface area contributed by atoms with Gasteiger partial charge in [-0.15, -0.1) is 0 Å². The summed E-state index contributed by atoms with van der Waals surface area (Å²) in [5.41, 5.74) is 5.23. The van der Waals surface area contributed by atoms with Crippen LogP contribution in [0.1, 0.15) is 65.2 Å². The maximum atomic E-state index is 2.52. The second-order valence-electron chi connectivity index (χ2n) is 7.07. The van der Waals surface area contributed by atoms with Gasteiger partial charge in [-0.2, -0.15) is 0 Å². The van der Waals surface area contributed by atoms with Crippen molar-refractivity contribution in [2.45, 2.75) is 65.2 Å². The molecule has 0 saturated heterocycles. The van der Waals surface area contributed by atoms with Gasteiger partial charge < -0.3 is 0 Å². The molecule has 0 bridgehead atoms. The number of hydrogen-bond donors (Lipinski definition) is 0. The molecule has 0 aliphatic heterocycles. The van der Waals surface area contributed by atoms with Crippen LogP contribution in [0.5, 0.6) is 0 Å². The van der Waals surface area contributed by atoms with Crippen LogP contribution < -0.4 is 0 Å². The van der Waals surface area contributed by atoms with Crippen molar-refractivity contribution in [1.82, 2.24) is 0 Å². The van der Waals surface area contributed by atoms with E-state index in [0.717, 1.165) is 5.92 Å². The highest BCUT2D eigenvalue weighted by atomic mass is 14.5. The summed E-state index contributed by atoms with van der Waals surface area (Å²) in [4.78, 5) is 0. The van der Waals surface area contributed by atoms with E-state index in [2.05, 4.69) is 44.2 Å².